The SMILES string of the molecule is C.O=C(O)C1CCC(Nc2ncc3c(n2)-c2ccc(Cl)cc2C(c2ccccc2F)=NC3)CC1. The van der Waals surface area contributed by atoms with E-state index in [4.69, 9.17) is 21.6 Å². The molecule has 2 heterocycles. The molecule has 0 unspecified atom stereocenters. The molecule has 8 heteroatoms. The maximum atomic E-state index is 14.6. The minimum atomic E-state index is -0.726. The van der Waals surface area contributed by atoms with Crippen molar-refractivity contribution in [3.63, 3.8) is 0 Å². The fourth-order valence-corrected chi connectivity index (χ4v) is 4.72. The third kappa shape index (κ3) is 4.66. The van der Waals surface area contributed by atoms with Crippen molar-refractivity contribution in [1.29, 1.82) is 0 Å². The lowest BCUT2D eigenvalue weighted by Gasteiger charge is -2.27. The highest BCUT2D eigenvalue weighted by Gasteiger charge is 2.27. The normalized spacial score (nSPS) is 19.1. The first kappa shape index (κ1) is 23.8. The highest BCUT2D eigenvalue weighted by atomic mass is 35.5. The van der Waals surface area contributed by atoms with Crippen LogP contribution in [0.4, 0.5) is 10.3 Å². The molecule has 2 aromatic carbocycles. The van der Waals surface area contributed by atoms with Crippen molar-refractivity contribution in [3.8, 4) is 11.3 Å². The summed E-state index contributed by atoms with van der Waals surface area (Å²) in [7, 11) is 0. The molecule has 1 aromatic heterocycles. The molecule has 1 aliphatic heterocycles. The van der Waals surface area contributed by atoms with Gasteiger partial charge in [0.05, 0.1) is 23.9 Å². The summed E-state index contributed by atoms with van der Waals surface area (Å²) in [5.74, 6) is -0.862. The number of nitrogens with zero attached hydrogens (tertiary/aromatic N) is 3. The lowest BCUT2D eigenvalue weighted by atomic mass is 9.86. The number of halogens is 2. The Morgan fingerprint density at radius 2 is 1.82 bits per heavy atom. The van der Waals surface area contributed by atoms with Crippen molar-refractivity contribution in [1.82, 2.24) is 9.97 Å². The summed E-state index contributed by atoms with van der Waals surface area (Å²) >= 11 is 6.31. The third-order valence-corrected chi connectivity index (χ3v) is 6.54. The molecule has 5 rings (SSSR count). The summed E-state index contributed by atoms with van der Waals surface area (Å²) in [6, 6.07) is 12.1. The number of aromatic nitrogens is 2. The fourth-order valence-electron chi connectivity index (χ4n) is 4.54. The van der Waals surface area contributed by atoms with Crippen LogP contribution in [0.2, 0.25) is 5.02 Å². The number of carboxylic acid groups (broad SMARTS) is 1. The number of nitrogens with one attached hydrogen (secondary N) is 1. The first-order valence-corrected chi connectivity index (χ1v) is 11.3. The van der Waals surface area contributed by atoms with Crippen LogP contribution in [0.5, 0.6) is 0 Å². The first-order chi connectivity index (χ1) is 16.0. The lowest BCUT2D eigenvalue weighted by molar-refractivity contribution is -0.142. The van der Waals surface area contributed by atoms with Gasteiger partial charge in [-0.2, -0.15) is 0 Å². The second-order valence-electron chi connectivity index (χ2n) is 8.43. The van der Waals surface area contributed by atoms with E-state index in [-0.39, 0.29) is 25.2 Å². The van der Waals surface area contributed by atoms with Crippen LogP contribution in [0.15, 0.2) is 53.7 Å². The Hall–Kier alpha value is -3.32. The third-order valence-electron chi connectivity index (χ3n) is 6.30. The fraction of sp³-hybridized carbons (Fsp3) is 0.308. The van der Waals surface area contributed by atoms with Gasteiger partial charge in [-0.05, 0) is 49.9 Å². The molecule has 1 fully saturated rings. The van der Waals surface area contributed by atoms with E-state index in [1.54, 1.807) is 36.5 Å². The Morgan fingerprint density at radius 3 is 2.56 bits per heavy atom. The molecule has 0 radical (unpaired) electrons. The van der Waals surface area contributed by atoms with E-state index in [1.165, 1.54) is 6.07 Å². The van der Waals surface area contributed by atoms with Gasteiger partial charge in [-0.15, -0.1) is 0 Å². The molecule has 0 saturated heterocycles. The second-order valence-corrected chi connectivity index (χ2v) is 8.87. The minimum absolute atomic E-state index is 0. The van der Waals surface area contributed by atoms with Gasteiger partial charge in [0.2, 0.25) is 5.95 Å². The summed E-state index contributed by atoms with van der Waals surface area (Å²) in [5, 5.41) is 13.1. The number of carbonyl (C=O) groups is 1. The minimum Gasteiger partial charge on any atom is -0.481 e. The molecule has 2 N–H and O–H groups in total. The average Bonchev–Trinajstić information content (AvgIpc) is 2.96. The van der Waals surface area contributed by atoms with Gasteiger partial charge in [0.25, 0.3) is 0 Å². The lowest BCUT2D eigenvalue weighted by Crippen LogP contribution is -2.29. The average molecular weight is 481 g/mol. The van der Waals surface area contributed by atoms with Gasteiger partial charge in [0, 0.05) is 39.5 Å². The van der Waals surface area contributed by atoms with Crippen molar-refractivity contribution in [2.45, 2.75) is 45.7 Å². The number of rotatable bonds is 4. The molecule has 3 aromatic rings. The molecule has 2 aliphatic rings. The topological polar surface area (TPSA) is 87.5 Å². The molecule has 1 aliphatic carbocycles. The predicted octanol–water partition coefficient (Wildman–Crippen LogP) is 5.98. The van der Waals surface area contributed by atoms with Gasteiger partial charge in [-0.3, -0.25) is 9.79 Å². The van der Waals surface area contributed by atoms with Crippen molar-refractivity contribution < 1.29 is 14.3 Å². The molecule has 1 saturated carbocycles. The Morgan fingerprint density at radius 1 is 1.06 bits per heavy atom. The predicted molar refractivity (Wildman–Crippen MR) is 132 cm³/mol. The van der Waals surface area contributed by atoms with E-state index >= 15 is 0 Å². The van der Waals surface area contributed by atoms with Crippen LogP contribution >= 0.6 is 11.6 Å². The molecule has 0 atom stereocenters. The standard InChI is InChI=1S/C25H22ClFN4O2.CH4/c26-16-7-10-18-20(11-16)23(19-3-1-2-4-21(19)27)28-12-15-13-29-25(31-22(15)18)30-17-8-5-14(6-9-17)24(32)33;/h1-4,7,10-11,13-14,17H,5-6,8-9,12H2,(H,32,33)(H,29,30,31);1H4. The Kier molecular flexibility index (Phi) is 6.93. The largest absolute Gasteiger partial charge is 0.481 e. The van der Waals surface area contributed by atoms with Gasteiger partial charge < -0.3 is 10.4 Å². The Balaban J connectivity index is 0.00000274. The van der Waals surface area contributed by atoms with Crippen LogP contribution < -0.4 is 5.32 Å². The summed E-state index contributed by atoms with van der Waals surface area (Å²) in [5.41, 5.74) is 4.05. The van der Waals surface area contributed by atoms with Gasteiger partial charge in [-0.1, -0.05) is 37.2 Å². The number of hydrogen-bond acceptors (Lipinski definition) is 5. The number of fused-ring (bicyclic) bond motifs is 3. The molecule has 34 heavy (non-hydrogen) atoms. The second kappa shape index (κ2) is 9.89. The molecular weight excluding hydrogens is 455 g/mol. The summed E-state index contributed by atoms with van der Waals surface area (Å²) in [6.07, 6.45) is 4.53. The molecule has 0 spiro atoms. The smallest absolute Gasteiger partial charge is 0.306 e. The Labute approximate surface area is 202 Å². The summed E-state index contributed by atoms with van der Waals surface area (Å²) in [4.78, 5) is 25.2. The van der Waals surface area contributed by atoms with Gasteiger partial charge >= 0.3 is 5.97 Å². The summed E-state index contributed by atoms with van der Waals surface area (Å²) in [6.45, 7) is 0.315. The van der Waals surface area contributed by atoms with Crippen LogP contribution in [-0.2, 0) is 11.3 Å². The van der Waals surface area contributed by atoms with Gasteiger partial charge in [-0.25, -0.2) is 14.4 Å². The van der Waals surface area contributed by atoms with E-state index in [2.05, 4.69) is 10.3 Å². The van der Waals surface area contributed by atoms with Crippen molar-refractivity contribution in [3.05, 3.63) is 76.2 Å². The van der Waals surface area contributed by atoms with Gasteiger partial charge in [0.15, 0.2) is 0 Å². The number of carboxylic acids is 1. The van der Waals surface area contributed by atoms with E-state index in [9.17, 15) is 14.3 Å². The van der Waals surface area contributed by atoms with E-state index in [1.807, 2.05) is 6.07 Å². The molecule has 6 nitrogen and oxygen atoms in total. The highest BCUT2D eigenvalue weighted by Crippen LogP contribution is 2.34. The quantitative estimate of drug-likeness (QED) is 0.479. The molecule has 176 valence electrons. The maximum Gasteiger partial charge on any atom is 0.306 e. The number of benzene rings is 2. The number of aliphatic imine (C=N–C) groups is 1. The van der Waals surface area contributed by atoms with Crippen LogP contribution in [0, 0.1) is 11.7 Å². The zero-order chi connectivity index (χ0) is 22.9. The van der Waals surface area contributed by atoms with E-state index < -0.39 is 5.97 Å². The van der Waals surface area contributed by atoms with Crippen molar-refractivity contribution in [2.24, 2.45) is 10.9 Å². The van der Waals surface area contributed by atoms with Crippen LogP contribution in [-0.4, -0.2) is 32.8 Å². The van der Waals surface area contributed by atoms with Crippen molar-refractivity contribution in [2.75, 3.05) is 5.32 Å². The van der Waals surface area contributed by atoms with Gasteiger partial charge in [0.1, 0.15) is 5.82 Å². The Bertz CT molecular complexity index is 1260. The molecule has 0 amide bonds. The number of anilines is 1. The van der Waals surface area contributed by atoms with Crippen LogP contribution in [0.25, 0.3) is 11.3 Å². The molecule has 0 bridgehead atoms. The summed E-state index contributed by atoms with van der Waals surface area (Å²) < 4.78 is 14.6. The highest BCUT2D eigenvalue weighted by molar-refractivity contribution is 6.31. The maximum absolute atomic E-state index is 14.6. The van der Waals surface area contributed by atoms with E-state index in [0.717, 1.165) is 35.2 Å². The van der Waals surface area contributed by atoms with Crippen LogP contribution in [0.3, 0.4) is 0 Å². The molecular formula is C26H26ClFN4O2. The monoisotopic (exact) mass is 480 g/mol. The van der Waals surface area contributed by atoms with Crippen molar-refractivity contribution >= 4 is 29.2 Å². The first-order valence-electron chi connectivity index (χ1n) is 10.9. The number of hydrogen-bond donors (Lipinski definition) is 2. The zero-order valence-electron chi connectivity index (χ0n) is 17.8. The van der Waals surface area contributed by atoms with E-state index in [0.29, 0.717) is 41.6 Å². The van der Waals surface area contributed by atoms with Crippen LogP contribution in [0.1, 0.15) is 49.8 Å². The number of aliphatic carboxylic acids is 1. The zero-order valence-corrected chi connectivity index (χ0v) is 18.5.